The lowest BCUT2D eigenvalue weighted by molar-refractivity contribution is -0.120. The highest BCUT2D eigenvalue weighted by Crippen LogP contribution is 2.28. The summed E-state index contributed by atoms with van der Waals surface area (Å²) in [5.41, 5.74) is 1.90. The van der Waals surface area contributed by atoms with E-state index in [-0.39, 0.29) is 17.4 Å². The molecule has 35 heavy (non-hydrogen) atoms. The fraction of sp³-hybridized carbons (Fsp3) is 0.269. The van der Waals surface area contributed by atoms with Crippen LogP contribution in [0.3, 0.4) is 0 Å². The quantitative estimate of drug-likeness (QED) is 0.433. The molecule has 3 heterocycles. The minimum Gasteiger partial charge on any atom is -0.497 e. The summed E-state index contributed by atoms with van der Waals surface area (Å²) in [6, 6.07) is 16.6. The van der Waals surface area contributed by atoms with Crippen molar-refractivity contribution >= 4 is 39.1 Å². The maximum absolute atomic E-state index is 13.5. The van der Waals surface area contributed by atoms with Gasteiger partial charge in [-0.05, 0) is 48.6 Å². The van der Waals surface area contributed by atoms with Gasteiger partial charge in [0.15, 0.2) is 0 Å². The number of methoxy groups -OCH3 is 2. The molecule has 0 spiro atoms. The van der Waals surface area contributed by atoms with Gasteiger partial charge in [-0.25, -0.2) is 9.55 Å². The SMILES string of the molecule is COc1cccc(NC(=O)[C@@H]2CCCN(c3nc4ccsc4c(=O)n3-c3cccc(OC)c3)C2)c1. The summed E-state index contributed by atoms with van der Waals surface area (Å²) in [4.78, 5) is 33.6. The van der Waals surface area contributed by atoms with Gasteiger partial charge in [0.1, 0.15) is 16.2 Å². The number of benzene rings is 2. The summed E-state index contributed by atoms with van der Waals surface area (Å²) in [5.74, 6) is 1.57. The first-order chi connectivity index (χ1) is 17.1. The van der Waals surface area contributed by atoms with Crippen LogP contribution >= 0.6 is 11.3 Å². The number of anilines is 2. The van der Waals surface area contributed by atoms with E-state index in [1.165, 1.54) is 11.3 Å². The number of piperidine rings is 1. The number of ether oxygens (including phenoxy) is 2. The van der Waals surface area contributed by atoms with Crippen LogP contribution in [0.15, 0.2) is 64.8 Å². The average molecular weight is 491 g/mol. The summed E-state index contributed by atoms with van der Waals surface area (Å²) < 4.78 is 12.9. The zero-order valence-corrected chi connectivity index (χ0v) is 20.4. The molecule has 9 heteroatoms. The fourth-order valence-corrected chi connectivity index (χ4v) is 5.17. The number of nitrogens with zero attached hydrogens (tertiary/aromatic N) is 3. The van der Waals surface area contributed by atoms with Gasteiger partial charge in [0.2, 0.25) is 11.9 Å². The molecule has 0 radical (unpaired) electrons. The Morgan fingerprint density at radius 1 is 1.09 bits per heavy atom. The Morgan fingerprint density at radius 3 is 2.66 bits per heavy atom. The zero-order valence-electron chi connectivity index (χ0n) is 19.6. The van der Waals surface area contributed by atoms with Gasteiger partial charge in [0, 0.05) is 30.9 Å². The molecule has 2 aromatic heterocycles. The first kappa shape index (κ1) is 22.9. The molecule has 1 amide bonds. The van der Waals surface area contributed by atoms with E-state index in [2.05, 4.69) is 5.32 Å². The van der Waals surface area contributed by atoms with E-state index in [4.69, 9.17) is 14.5 Å². The van der Waals surface area contributed by atoms with E-state index >= 15 is 0 Å². The molecule has 1 aliphatic heterocycles. The van der Waals surface area contributed by atoms with E-state index in [9.17, 15) is 9.59 Å². The molecule has 5 rings (SSSR count). The lowest BCUT2D eigenvalue weighted by Gasteiger charge is -2.34. The molecule has 1 aliphatic rings. The van der Waals surface area contributed by atoms with Crippen LogP contribution < -0.4 is 25.2 Å². The molecular weight excluding hydrogens is 464 g/mol. The Balaban J connectivity index is 1.48. The number of rotatable bonds is 6. The van der Waals surface area contributed by atoms with E-state index in [1.54, 1.807) is 24.9 Å². The van der Waals surface area contributed by atoms with Crippen LogP contribution in [0.1, 0.15) is 12.8 Å². The van der Waals surface area contributed by atoms with Crippen molar-refractivity contribution in [1.82, 2.24) is 9.55 Å². The lowest BCUT2D eigenvalue weighted by atomic mass is 9.97. The van der Waals surface area contributed by atoms with E-state index in [1.807, 2.05) is 58.8 Å². The Labute approximate surface area is 206 Å². The predicted octanol–water partition coefficient (Wildman–Crippen LogP) is 4.32. The molecule has 8 nitrogen and oxygen atoms in total. The normalized spacial score (nSPS) is 15.7. The van der Waals surface area contributed by atoms with Gasteiger partial charge in [-0.3, -0.25) is 9.59 Å². The number of hydrogen-bond acceptors (Lipinski definition) is 7. The third kappa shape index (κ3) is 4.59. The highest BCUT2D eigenvalue weighted by atomic mass is 32.1. The largest absolute Gasteiger partial charge is 0.497 e. The van der Waals surface area contributed by atoms with E-state index in [0.717, 1.165) is 12.8 Å². The number of amides is 1. The smallest absolute Gasteiger partial charge is 0.277 e. The van der Waals surface area contributed by atoms with Crippen molar-refractivity contribution in [2.24, 2.45) is 5.92 Å². The van der Waals surface area contributed by atoms with Gasteiger partial charge >= 0.3 is 0 Å². The average Bonchev–Trinajstić information content (AvgIpc) is 3.38. The van der Waals surface area contributed by atoms with Crippen LogP contribution in [0.5, 0.6) is 11.5 Å². The maximum Gasteiger partial charge on any atom is 0.277 e. The Hall–Kier alpha value is -3.85. The molecule has 180 valence electrons. The van der Waals surface area contributed by atoms with Gasteiger partial charge < -0.3 is 19.7 Å². The maximum atomic E-state index is 13.5. The van der Waals surface area contributed by atoms with Crippen molar-refractivity contribution in [2.75, 3.05) is 37.5 Å². The number of hydrogen-bond donors (Lipinski definition) is 1. The Bertz CT molecular complexity index is 1430. The lowest BCUT2D eigenvalue weighted by Crippen LogP contribution is -2.43. The second kappa shape index (κ2) is 9.79. The Kier molecular flexibility index (Phi) is 6.41. The van der Waals surface area contributed by atoms with Gasteiger partial charge in [0.05, 0.1) is 31.3 Å². The topological polar surface area (TPSA) is 85.7 Å². The van der Waals surface area contributed by atoms with E-state index < -0.39 is 0 Å². The standard InChI is InChI=1S/C26H26N4O4S/c1-33-20-9-3-7-18(14-20)27-24(31)17-6-5-12-29(16-17)26-28-22-11-13-35-23(22)25(32)30(26)19-8-4-10-21(15-19)34-2/h3-4,7-11,13-15,17H,5-6,12,16H2,1-2H3,(H,27,31)/t17-/m1/s1. The van der Waals surface area contributed by atoms with Crippen molar-refractivity contribution in [3.63, 3.8) is 0 Å². The monoisotopic (exact) mass is 490 g/mol. The van der Waals surface area contributed by atoms with Crippen molar-refractivity contribution in [3.05, 3.63) is 70.3 Å². The molecule has 0 saturated carbocycles. The second-order valence-electron chi connectivity index (χ2n) is 8.40. The minimum atomic E-state index is -0.246. The number of fused-ring (bicyclic) bond motifs is 1. The number of aromatic nitrogens is 2. The molecular formula is C26H26N4O4S. The second-order valence-corrected chi connectivity index (χ2v) is 9.31. The molecule has 1 fully saturated rings. The van der Waals surface area contributed by atoms with Crippen molar-refractivity contribution in [1.29, 1.82) is 0 Å². The third-order valence-electron chi connectivity index (χ3n) is 6.19. The van der Waals surface area contributed by atoms with Crippen molar-refractivity contribution in [2.45, 2.75) is 12.8 Å². The van der Waals surface area contributed by atoms with E-state index in [0.29, 0.717) is 52.1 Å². The number of thiophene rings is 1. The number of carbonyl (C=O) groups excluding carboxylic acids is 1. The molecule has 1 N–H and O–H groups in total. The highest BCUT2D eigenvalue weighted by molar-refractivity contribution is 7.17. The molecule has 0 unspecified atom stereocenters. The van der Waals surface area contributed by atoms with Gasteiger partial charge in [-0.2, -0.15) is 0 Å². The van der Waals surface area contributed by atoms with Crippen LogP contribution in [-0.2, 0) is 4.79 Å². The fourth-order valence-electron chi connectivity index (χ4n) is 4.41. The molecule has 0 bridgehead atoms. The molecule has 0 aliphatic carbocycles. The summed E-state index contributed by atoms with van der Waals surface area (Å²) in [6.45, 7) is 1.16. The molecule has 1 atom stereocenters. The number of carbonyl (C=O) groups is 1. The summed E-state index contributed by atoms with van der Waals surface area (Å²) in [6.07, 6.45) is 1.57. The van der Waals surface area contributed by atoms with Crippen LogP contribution in [0.4, 0.5) is 11.6 Å². The van der Waals surface area contributed by atoms with Crippen LogP contribution in [-0.4, -0.2) is 42.8 Å². The molecule has 4 aromatic rings. The summed E-state index contributed by atoms with van der Waals surface area (Å²) in [5, 5.41) is 4.88. The highest BCUT2D eigenvalue weighted by Gasteiger charge is 2.29. The predicted molar refractivity (Wildman–Crippen MR) is 138 cm³/mol. The zero-order chi connectivity index (χ0) is 24.4. The molecule has 1 saturated heterocycles. The van der Waals surface area contributed by atoms with Gasteiger partial charge in [-0.1, -0.05) is 12.1 Å². The van der Waals surface area contributed by atoms with Gasteiger partial charge in [0.25, 0.3) is 5.56 Å². The Morgan fingerprint density at radius 2 is 1.86 bits per heavy atom. The first-order valence-electron chi connectivity index (χ1n) is 11.4. The minimum absolute atomic E-state index is 0.0603. The number of nitrogens with one attached hydrogen (secondary N) is 1. The summed E-state index contributed by atoms with van der Waals surface area (Å²) in [7, 11) is 3.19. The van der Waals surface area contributed by atoms with Gasteiger partial charge in [-0.15, -0.1) is 11.3 Å². The van der Waals surface area contributed by atoms with Crippen molar-refractivity contribution < 1.29 is 14.3 Å². The third-order valence-corrected chi connectivity index (χ3v) is 7.08. The van der Waals surface area contributed by atoms with Crippen LogP contribution in [0.25, 0.3) is 15.9 Å². The van der Waals surface area contributed by atoms with Crippen LogP contribution in [0.2, 0.25) is 0 Å². The van der Waals surface area contributed by atoms with Crippen LogP contribution in [0, 0.1) is 5.92 Å². The molecule has 2 aromatic carbocycles. The summed E-state index contributed by atoms with van der Waals surface area (Å²) >= 11 is 1.38. The van der Waals surface area contributed by atoms with Crippen molar-refractivity contribution in [3.8, 4) is 17.2 Å². The first-order valence-corrected chi connectivity index (χ1v) is 12.3.